The van der Waals surface area contributed by atoms with Crippen LogP contribution in [0.15, 0.2) is 48.5 Å². The van der Waals surface area contributed by atoms with Crippen LogP contribution in [-0.4, -0.2) is 16.8 Å². The molecule has 118 valence electrons. The Morgan fingerprint density at radius 1 is 1.08 bits per heavy atom. The zero-order valence-electron chi connectivity index (χ0n) is 13.0. The summed E-state index contributed by atoms with van der Waals surface area (Å²) < 4.78 is 0. The quantitative estimate of drug-likeness (QED) is 0.366. The Kier molecular flexibility index (Phi) is 7.57. The van der Waals surface area contributed by atoms with Crippen LogP contribution in [0.3, 0.4) is 0 Å². The monoisotopic (exact) mass is 336 g/mol. The van der Waals surface area contributed by atoms with Crippen LogP contribution in [0.4, 0.5) is 5.69 Å². The van der Waals surface area contributed by atoms with Gasteiger partial charge in [-0.3, -0.25) is 14.9 Å². The molecule has 8 heteroatoms. The van der Waals surface area contributed by atoms with Gasteiger partial charge in [-0.05, 0) is 11.1 Å². The molecule has 0 unspecified atom stereocenters. The second kappa shape index (κ2) is 9.17. The molecule has 0 saturated carbocycles. The van der Waals surface area contributed by atoms with Crippen molar-refractivity contribution in [1.29, 1.82) is 0 Å². The number of carboxylic acid groups (broad SMARTS) is 1. The number of carboxylic acids is 1. The molecule has 7 nitrogen and oxygen atoms in total. The molecule has 2 aromatic rings. The molecule has 0 aliphatic rings. The number of amides is 1. The maximum atomic E-state index is 11.9. The van der Waals surface area contributed by atoms with Gasteiger partial charge in [0.1, 0.15) is 0 Å². The van der Waals surface area contributed by atoms with Gasteiger partial charge in [-0.25, -0.2) is 0 Å². The van der Waals surface area contributed by atoms with Crippen LogP contribution in [0.1, 0.15) is 21.5 Å². The van der Waals surface area contributed by atoms with Gasteiger partial charge in [0.15, 0.2) is 0 Å². The van der Waals surface area contributed by atoms with Crippen LogP contribution >= 0.6 is 0 Å². The third-order valence-electron chi connectivity index (χ3n) is 3.21. The Bertz CT molecular complexity index is 749. The van der Waals surface area contributed by atoms with Gasteiger partial charge in [-0.15, -0.1) is 0 Å². The van der Waals surface area contributed by atoms with E-state index in [2.05, 4.69) is 5.32 Å². The molecule has 0 bridgehead atoms. The Balaban J connectivity index is 0.00000288. The van der Waals surface area contributed by atoms with E-state index in [1.165, 1.54) is 6.07 Å². The molecule has 24 heavy (non-hydrogen) atoms. The normalized spacial score (nSPS) is 9.67. The molecule has 0 aliphatic heterocycles. The second-order valence-corrected chi connectivity index (χ2v) is 4.83. The summed E-state index contributed by atoms with van der Waals surface area (Å²) in [6.07, 6.45) is -0.200. The number of hydrogen-bond donors (Lipinski definition) is 1. The van der Waals surface area contributed by atoms with Crippen molar-refractivity contribution in [2.24, 2.45) is 0 Å². The molecule has 0 atom stereocenters. The number of non-ortho nitro benzene ring substituents is 1. The van der Waals surface area contributed by atoms with Gasteiger partial charge < -0.3 is 15.2 Å². The average Bonchev–Trinajstić information content (AvgIpc) is 2.54. The van der Waals surface area contributed by atoms with Crippen LogP contribution in [0, 0.1) is 10.1 Å². The third kappa shape index (κ3) is 5.45. The molecule has 1 N–H and O–H groups in total. The predicted octanol–water partition coefficient (Wildman–Crippen LogP) is -2.18. The van der Waals surface area contributed by atoms with Crippen LogP contribution in [-0.2, 0) is 17.8 Å². The van der Waals surface area contributed by atoms with Gasteiger partial charge in [0.25, 0.3) is 5.69 Å². The first kappa shape index (κ1) is 19.8. The SMILES string of the molecule is O=C(Cc1ccc([N+](=O)[O-])cc1C(=O)[O-])NCc1ccccc1.[Na+]. The van der Waals surface area contributed by atoms with E-state index in [0.717, 1.165) is 17.7 Å². The zero-order chi connectivity index (χ0) is 16.8. The minimum absolute atomic E-state index is 0. The maximum absolute atomic E-state index is 11.9. The summed E-state index contributed by atoms with van der Waals surface area (Å²) in [6.45, 7) is 0.313. The molecular formula is C16H13N2NaO5. The molecule has 0 fully saturated rings. The number of nitro benzene ring substituents is 1. The Morgan fingerprint density at radius 3 is 2.33 bits per heavy atom. The van der Waals surface area contributed by atoms with Crippen LogP contribution in [0.5, 0.6) is 0 Å². The van der Waals surface area contributed by atoms with Crippen molar-refractivity contribution < 1.29 is 49.2 Å². The van der Waals surface area contributed by atoms with Crippen molar-refractivity contribution in [2.75, 3.05) is 0 Å². The van der Waals surface area contributed by atoms with Crippen molar-refractivity contribution in [3.05, 3.63) is 75.3 Å². The van der Waals surface area contributed by atoms with E-state index in [1.807, 2.05) is 30.3 Å². The fraction of sp³-hybridized carbons (Fsp3) is 0.125. The second-order valence-electron chi connectivity index (χ2n) is 4.83. The molecular weight excluding hydrogens is 323 g/mol. The summed E-state index contributed by atoms with van der Waals surface area (Å²) in [6, 6.07) is 12.5. The zero-order valence-corrected chi connectivity index (χ0v) is 15.0. The number of hydrogen-bond acceptors (Lipinski definition) is 5. The van der Waals surface area contributed by atoms with E-state index in [1.54, 1.807) is 0 Å². The number of carbonyl (C=O) groups is 2. The van der Waals surface area contributed by atoms with Crippen LogP contribution in [0.2, 0.25) is 0 Å². The minimum Gasteiger partial charge on any atom is -0.545 e. The number of nitrogens with zero attached hydrogens (tertiary/aromatic N) is 1. The smallest absolute Gasteiger partial charge is 0.545 e. The van der Waals surface area contributed by atoms with E-state index in [0.29, 0.717) is 6.54 Å². The first-order chi connectivity index (χ1) is 11.0. The van der Waals surface area contributed by atoms with Gasteiger partial charge in [0.05, 0.1) is 17.3 Å². The summed E-state index contributed by atoms with van der Waals surface area (Å²) in [5.41, 5.74) is 0.359. The first-order valence-corrected chi connectivity index (χ1v) is 6.76. The topological polar surface area (TPSA) is 112 Å². The summed E-state index contributed by atoms with van der Waals surface area (Å²) in [7, 11) is 0. The molecule has 0 radical (unpaired) electrons. The first-order valence-electron chi connectivity index (χ1n) is 6.76. The Morgan fingerprint density at radius 2 is 1.75 bits per heavy atom. The van der Waals surface area contributed by atoms with Crippen molar-refractivity contribution in [2.45, 2.75) is 13.0 Å². The molecule has 0 aliphatic carbocycles. The fourth-order valence-corrected chi connectivity index (χ4v) is 2.05. The van der Waals surface area contributed by atoms with Gasteiger partial charge in [-0.2, -0.15) is 0 Å². The van der Waals surface area contributed by atoms with Gasteiger partial charge in [0, 0.05) is 24.2 Å². The maximum Gasteiger partial charge on any atom is 1.00 e. The van der Waals surface area contributed by atoms with E-state index in [-0.39, 0.29) is 58.7 Å². The van der Waals surface area contributed by atoms with Gasteiger partial charge in [-0.1, -0.05) is 36.4 Å². The number of benzene rings is 2. The van der Waals surface area contributed by atoms with E-state index in [9.17, 15) is 24.8 Å². The largest absolute Gasteiger partial charge is 1.00 e. The summed E-state index contributed by atoms with van der Waals surface area (Å²) in [5, 5.41) is 24.4. The number of rotatable bonds is 6. The number of carbonyl (C=O) groups excluding carboxylic acids is 2. The Labute approximate surface area is 160 Å². The van der Waals surface area contributed by atoms with Crippen LogP contribution < -0.4 is 40.0 Å². The molecule has 0 aromatic heterocycles. The number of nitro groups is 1. The van der Waals surface area contributed by atoms with Crippen LogP contribution in [0.25, 0.3) is 0 Å². The number of aromatic carboxylic acids is 1. The minimum atomic E-state index is -1.56. The molecule has 2 rings (SSSR count). The van der Waals surface area contributed by atoms with Crippen molar-refractivity contribution in [3.8, 4) is 0 Å². The van der Waals surface area contributed by atoms with Gasteiger partial charge in [0.2, 0.25) is 5.91 Å². The van der Waals surface area contributed by atoms with E-state index < -0.39 is 10.9 Å². The third-order valence-corrected chi connectivity index (χ3v) is 3.21. The predicted molar refractivity (Wildman–Crippen MR) is 79.4 cm³/mol. The van der Waals surface area contributed by atoms with E-state index >= 15 is 0 Å². The molecule has 1 amide bonds. The standard InChI is InChI=1S/C16H14N2O5.Na/c19-15(17-10-11-4-2-1-3-5-11)8-12-6-7-13(18(22)23)9-14(12)16(20)21;/h1-7,9H,8,10H2,(H,17,19)(H,20,21);/q;+1/p-1. The summed E-state index contributed by atoms with van der Waals surface area (Å²) in [5.74, 6) is -1.94. The molecule has 2 aromatic carbocycles. The van der Waals surface area contributed by atoms with Crippen molar-refractivity contribution in [1.82, 2.24) is 5.32 Å². The van der Waals surface area contributed by atoms with Gasteiger partial charge >= 0.3 is 29.6 Å². The van der Waals surface area contributed by atoms with Crippen molar-refractivity contribution >= 4 is 17.6 Å². The van der Waals surface area contributed by atoms with E-state index in [4.69, 9.17) is 0 Å². The molecule has 0 heterocycles. The Hall–Kier alpha value is -2.22. The molecule has 0 spiro atoms. The summed E-state index contributed by atoms with van der Waals surface area (Å²) in [4.78, 5) is 33.0. The number of nitrogens with one attached hydrogen (secondary N) is 1. The average molecular weight is 336 g/mol. The van der Waals surface area contributed by atoms with Crippen molar-refractivity contribution in [3.63, 3.8) is 0 Å². The fourth-order valence-electron chi connectivity index (χ4n) is 2.05. The summed E-state index contributed by atoms with van der Waals surface area (Å²) >= 11 is 0. The molecule has 0 saturated heterocycles.